The molecule has 6 heteroatoms. The van der Waals surface area contributed by atoms with Gasteiger partial charge in [0, 0.05) is 0 Å². The average Bonchev–Trinajstić information content (AvgIpc) is 2.39. The first-order valence-corrected chi connectivity index (χ1v) is 6.07. The third kappa shape index (κ3) is 3.05. The van der Waals surface area contributed by atoms with Gasteiger partial charge < -0.3 is 29.9 Å². The second-order valence-electron chi connectivity index (χ2n) is 4.63. The summed E-state index contributed by atoms with van der Waals surface area (Å²) in [4.78, 5) is 0. The van der Waals surface area contributed by atoms with Crippen LogP contribution in [0.25, 0.3) is 0 Å². The highest BCUT2D eigenvalue weighted by atomic mass is 16.7. The van der Waals surface area contributed by atoms with E-state index in [0.29, 0.717) is 5.75 Å². The molecule has 106 valence electrons. The lowest BCUT2D eigenvalue weighted by Crippen LogP contribution is -2.60. The zero-order chi connectivity index (χ0) is 14.0. The first-order valence-electron chi connectivity index (χ1n) is 6.07. The number of aryl methyl sites for hydroxylation is 1. The van der Waals surface area contributed by atoms with Crippen molar-refractivity contribution in [3.05, 3.63) is 29.8 Å². The number of rotatable bonds is 3. The zero-order valence-electron chi connectivity index (χ0n) is 10.5. The number of hydrogen-bond donors (Lipinski definition) is 4. The fourth-order valence-electron chi connectivity index (χ4n) is 1.99. The van der Waals surface area contributed by atoms with Crippen molar-refractivity contribution in [2.24, 2.45) is 0 Å². The lowest BCUT2D eigenvalue weighted by atomic mass is 9.99. The van der Waals surface area contributed by atoms with E-state index >= 15 is 0 Å². The van der Waals surface area contributed by atoms with Crippen LogP contribution in [0.4, 0.5) is 0 Å². The largest absolute Gasteiger partial charge is 0.462 e. The van der Waals surface area contributed by atoms with E-state index in [0.717, 1.165) is 5.56 Å². The molecule has 2 rings (SSSR count). The number of ether oxygens (including phenoxy) is 2. The lowest BCUT2D eigenvalue weighted by molar-refractivity contribution is -0.277. The molecule has 1 aromatic rings. The molecular weight excluding hydrogens is 252 g/mol. The molecule has 0 unspecified atom stereocenters. The minimum atomic E-state index is -1.43. The van der Waals surface area contributed by atoms with Crippen LogP contribution in [0, 0.1) is 6.92 Å². The molecule has 0 spiro atoms. The first kappa shape index (κ1) is 14.2. The van der Waals surface area contributed by atoms with Crippen LogP contribution in [0.5, 0.6) is 5.75 Å². The van der Waals surface area contributed by atoms with E-state index in [9.17, 15) is 15.3 Å². The summed E-state index contributed by atoms with van der Waals surface area (Å²) in [6.07, 6.45) is -6.30. The highest BCUT2D eigenvalue weighted by Crippen LogP contribution is 2.24. The number of benzene rings is 1. The lowest BCUT2D eigenvalue weighted by Gasteiger charge is -2.39. The molecule has 1 aromatic carbocycles. The summed E-state index contributed by atoms with van der Waals surface area (Å²) in [5.41, 5.74) is 0.974. The predicted molar refractivity (Wildman–Crippen MR) is 65.6 cm³/mol. The number of aliphatic hydroxyl groups is 4. The standard InChI is InChI=1S/C13H18O6/c1-7-3-2-4-8(5-7)18-13-12(17)11(16)10(15)9(6-14)19-13/h2-5,9-17H,6H2,1H3/t9-,10+,11+,12+,13+/m0/s1. The predicted octanol–water partition coefficient (Wildman–Crippen LogP) is -0.826. The van der Waals surface area contributed by atoms with Crippen LogP contribution in [0.15, 0.2) is 24.3 Å². The molecule has 0 aliphatic carbocycles. The van der Waals surface area contributed by atoms with Crippen molar-refractivity contribution < 1.29 is 29.9 Å². The number of hydrogen-bond acceptors (Lipinski definition) is 6. The van der Waals surface area contributed by atoms with Gasteiger partial charge in [0.2, 0.25) is 6.29 Å². The summed E-state index contributed by atoms with van der Waals surface area (Å²) in [6.45, 7) is 1.42. The van der Waals surface area contributed by atoms with Gasteiger partial charge in [0.25, 0.3) is 0 Å². The molecule has 0 saturated carbocycles. The third-order valence-corrected chi connectivity index (χ3v) is 3.09. The van der Waals surface area contributed by atoms with E-state index in [2.05, 4.69) is 0 Å². The summed E-state index contributed by atoms with van der Waals surface area (Å²) >= 11 is 0. The Hall–Kier alpha value is -1.18. The second kappa shape index (κ2) is 5.85. The van der Waals surface area contributed by atoms with Crippen molar-refractivity contribution in [3.63, 3.8) is 0 Å². The van der Waals surface area contributed by atoms with E-state index in [1.165, 1.54) is 0 Å². The van der Waals surface area contributed by atoms with Gasteiger partial charge in [-0.15, -0.1) is 0 Å². The summed E-state index contributed by atoms with van der Waals surface area (Å²) in [7, 11) is 0. The zero-order valence-corrected chi connectivity index (χ0v) is 10.5. The first-order chi connectivity index (χ1) is 9.02. The molecule has 6 nitrogen and oxygen atoms in total. The Morgan fingerprint density at radius 1 is 1.16 bits per heavy atom. The Morgan fingerprint density at radius 3 is 2.53 bits per heavy atom. The minimum Gasteiger partial charge on any atom is -0.462 e. The maximum absolute atomic E-state index is 9.81. The molecular formula is C13H18O6. The molecule has 19 heavy (non-hydrogen) atoms. The Bertz CT molecular complexity index is 421. The summed E-state index contributed by atoms with van der Waals surface area (Å²) in [5, 5.41) is 38.1. The molecule has 1 fully saturated rings. The van der Waals surface area contributed by atoms with Crippen LogP contribution in [-0.2, 0) is 4.74 Å². The van der Waals surface area contributed by atoms with Crippen LogP contribution >= 0.6 is 0 Å². The molecule has 0 amide bonds. The Balaban J connectivity index is 2.10. The molecule has 1 aliphatic rings. The molecule has 1 saturated heterocycles. The van der Waals surface area contributed by atoms with Gasteiger partial charge in [0.1, 0.15) is 30.2 Å². The average molecular weight is 270 g/mol. The maximum Gasteiger partial charge on any atom is 0.229 e. The number of aliphatic hydroxyl groups excluding tert-OH is 4. The monoisotopic (exact) mass is 270 g/mol. The molecule has 1 heterocycles. The van der Waals surface area contributed by atoms with Gasteiger partial charge in [-0.1, -0.05) is 12.1 Å². The third-order valence-electron chi connectivity index (χ3n) is 3.09. The Morgan fingerprint density at radius 2 is 1.89 bits per heavy atom. The van der Waals surface area contributed by atoms with Crippen molar-refractivity contribution in [2.75, 3.05) is 6.61 Å². The molecule has 5 atom stereocenters. The van der Waals surface area contributed by atoms with E-state index in [1.54, 1.807) is 18.2 Å². The van der Waals surface area contributed by atoms with Crippen LogP contribution in [0.3, 0.4) is 0 Å². The van der Waals surface area contributed by atoms with Gasteiger partial charge in [0.05, 0.1) is 6.61 Å². The van der Waals surface area contributed by atoms with Gasteiger partial charge in [0.15, 0.2) is 0 Å². The Kier molecular flexibility index (Phi) is 4.38. The topological polar surface area (TPSA) is 99.4 Å². The SMILES string of the molecule is Cc1cccc(O[C@@H]2O[C@@H](CO)[C@@H](O)[C@@H](O)[C@H]2O)c1. The van der Waals surface area contributed by atoms with Crippen molar-refractivity contribution in [1.29, 1.82) is 0 Å². The Labute approximate surface area is 110 Å². The molecule has 0 aromatic heterocycles. The summed E-state index contributed by atoms with van der Waals surface area (Å²) < 4.78 is 10.7. The van der Waals surface area contributed by atoms with Gasteiger partial charge in [-0.3, -0.25) is 0 Å². The fraction of sp³-hybridized carbons (Fsp3) is 0.538. The van der Waals surface area contributed by atoms with Crippen molar-refractivity contribution in [1.82, 2.24) is 0 Å². The van der Waals surface area contributed by atoms with Crippen LogP contribution in [0.2, 0.25) is 0 Å². The quantitative estimate of drug-likeness (QED) is 0.572. The highest BCUT2D eigenvalue weighted by molar-refractivity contribution is 5.27. The van der Waals surface area contributed by atoms with Gasteiger partial charge in [-0.2, -0.15) is 0 Å². The summed E-state index contributed by atoms with van der Waals surface area (Å²) in [6, 6.07) is 7.12. The van der Waals surface area contributed by atoms with Gasteiger partial charge in [-0.05, 0) is 24.6 Å². The highest BCUT2D eigenvalue weighted by Gasteiger charge is 2.44. The van der Waals surface area contributed by atoms with Crippen molar-refractivity contribution in [2.45, 2.75) is 37.6 Å². The van der Waals surface area contributed by atoms with E-state index in [-0.39, 0.29) is 0 Å². The fourth-order valence-corrected chi connectivity index (χ4v) is 1.99. The van der Waals surface area contributed by atoms with Crippen LogP contribution in [0.1, 0.15) is 5.56 Å². The van der Waals surface area contributed by atoms with Crippen LogP contribution in [-0.4, -0.2) is 57.7 Å². The van der Waals surface area contributed by atoms with E-state index < -0.39 is 37.3 Å². The normalized spacial score (nSPS) is 35.1. The molecule has 1 aliphatic heterocycles. The second-order valence-corrected chi connectivity index (χ2v) is 4.63. The van der Waals surface area contributed by atoms with E-state index in [1.807, 2.05) is 13.0 Å². The van der Waals surface area contributed by atoms with Gasteiger partial charge >= 0.3 is 0 Å². The molecule has 4 N–H and O–H groups in total. The van der Waals surface area contributed by atoms with Crippen molar-refractivity contribution in [3.8, 4) is 5.75 Å². The maximum atomic E-state index is 9.81. The van der Waals surface area contributed by atoms with Crippen LogP contribution < -0.4 is 4.74 Å². The molecule has 0 bridgehead atoms. The van der Waals surface area contributed by atoms with Gasteiger partial charge in [-0.25, -0.2) is 0 Å². The smallest absolute Gasteiger partial charge is 0.229 e. The summed E-state index contributed by atoms with van der Waals surface area (Å²) in [5.74, 6) is 0.476. The van der Waals surface area contributed by atoms with E-state index in [4.69, 9.17) is 14.6 Å². The van der Waals surface area contributed by atoms with Crippen molar-refractivity contribution >= 4 is 0 Å². The minimum absolute atomic E-state index is 0.474. The molecule has 0 radical (unpaired) electrons.